The fourth-order valence-corrected chi connectivity index (χ4v) is 3.54. The van der Waals surface area contributed by atoms with Crippen molar-refractivity contribution in [3.05, 3.63) is 77.9 Å². The van der Waals surface area contributed by atoms with Gasteiger partial charge in [0, 0.05) is 20.1 Å². The molecule has 10 nitrogen and oxygen atoms in total. The summed E-state index contributed by atoms with van der Waals surface area (Å²) in [6.45, 7) is 1.63. The van der Waals surface area contributed by atoms with E-state index < -0.39 is 20.2 Å². The van der Waals surface area contributed by atoms with Gasteiger partial charge in [0.15, 0.2) is 0 Å². The Balaban J connectivity index is 0.000000166. The van der Waals surface area contributed by atoms with Gasteiger partial charge in [0.2, 0.25) is 5.82 Å². The van der Waals surface area contributed by atoms with Crippen LogP contribution in [-0.2, 0) is 40.4 Å². The van der Waals surface area contributed by atoms with Gasteiger partial charge in [-0.05, 0) is 24.3 Å². The minimum Gasteiger partial charge on any atom is -0.321 e. The van der Waals surface area contributed by atoms with Crippen LogP contribution in [0.5, 0.6) is 0 Å². The molecule has 3 N–H and O–H groups in total. The lowest BCUT2D eigenvalue weighted by molar-refractivity contribution is 0.481. The number of hydrogen-bond acceptors (Lipinski definition) is 7. The number of benzene rings is 2. The third-order valence-corrected chi connectivity index (χ3v) is 5.80. The maximum atomic E-state index is 10.4. The molecule has 0 fully saturated rings. The van der Waals surface area contributed by atoms with E-state index in [-0.39, 0.29) is 9.79 Å². The molecule has 0 saturated carbocycles. The van der Waals surface area contributed by atoms with E-state index in [1.807, 2.05) is 17.7 Å². The van der Waals surface area contributed by atoms with Gasteiger partial charge in [-0.3, -0.25) is 9.11 Å². The Hall–Kier alpha value is -3.08. The topological polar surface area (TPSA) is 162 Å². The molecule has 0 amide bonds. The Morgan fingerprint density at radius 2 is 1.35 bits per heavy atom. The van der Waals surface area contributed by atoms with Crippen LogP contribution >= 0.6 is 0 Å². The summed E-state index contributed by atoms with van der Waals surface area (Å²) in [4.78, 5) is 4.00. The summed E-state index contributed by atoms with van der Waals surface area (Å²) in [5.74, 6) is 0.511. The van der Waals surface area contributed by atoms with E-state index in [1.54, 1.807) is 36.4 Å². The third kappa shape index (κ3) is 6.99. The molecular formula is C19H20N4O6S2. The second kappa shape index (κ2) is 10.3. The molecule has 1 aliphatic heterocycles. The zero-order valence-corrected chi connectivity index (χ0v) is 18.0. The maximum Gasteiger partial charge on any atom is 0.294 e. The highest BCUT2D eigenvalue weighted by atomic mass is 32.2. The SMILES string of the molecule is Cn1c(C#N)nc2c1CNC2.O=S(=O)(O)c1ccccc1.O=S(=O)(O)c1ccccc1. The molecule has 3 aromatic rings. The van der Waals surface area contributed by atoms with Crippen LogP contribution in [0.1, 0.15) is 17.2 Å². The molecule has 4 rings (SSSR count). The Kier molecular flexibility index (Phi) is 8.03. The summed E-state index contributed by atoms with van der Waals surface area (Å²) in [6.07, 6.45) is 0. The van der Waals surface area contributed by atoms with Crippen LogP contribution in [0.15, 0.2) is 70.5 Å². The average molecular weight is 465 g/mol. The lowest BCUT2D eigenvalue weighted by Crippen LogP contribution is -2.06. The molecule has 0 unspecified atom stereocenters. The Bertz CT molecular complexity index is 1200. The largest absolute Gasteiger partial charge is 0.321 e. The first kappa shape index (κ1) is 24.2. The van der Waals surface area contributed by atoms with Crippen molar-refractivity contribution in [3.63, 3.8) is 0 Å². The van der Waals surface area contributed by atoms with Gasteiger partial charge in [0.25, 0.3) is 20.2 Å². The van der Waals surface area contributed by atoms with Crippen LogP contribution in [0.4, 0.5) is 0 Å². The first-order chi connectivity index (χ1) is 14.5. The molecule has 2 heterocycles. The van der Waals surface area contributed by atoms with Gasteiger partial charge in [0.05, 0.1) is 21.2 Å². The summed E-state index contributed by atoms with van der Waals surface area (Å²) < 4.78 is 60.3. The monoisotopic (exact) mass is 464 g/mol. The number of hydrogen-bond donors (Lipinski definition) is 3. The van der Waals surface area contributed by atoms with E-state index >= 15 is 0 Å². The minimum atomic E-state index is -4.00. The van der Waals surface area contributed by atoms with E-state index in [2.05, 4.69) is 10.3 Å². The van der Waals surface area contributed by atoms with Gasteiger partial charge >= 0.3 is 0 Å². The highest BCUT2D eigenvalue weighted by molar-refractivity contribution is 7.86. The number of imidazole rings is 1. The molecule has 2 aromatic carbocycles. The molecule has 1 aromatic heterocycles. The fraction of sp³-hybridized carbons (Fsp3) is 0.158. The summed E-state index contributed by atoms with van der Waals surface area (Å²) in [6, 6.07) is 16.9. The summed E-state index contributed by atoms with van der Waals surface area (Å²) in [5.41, 5.74) is 2.16. The Morgan fingerprint density at radius 1 is 0.903 bits per heavy atom. The van der Waals surface area contributed by atoms with Crippen molar-refractivity contribution in [2.24, 2.45) is 7.05 Å². The van der Waals surface area contributed by atoms with E-state index in [4.69, 9.17) is 14.4 Å². The first-order valence-electron chi connectivity index (χ1n) is 8.74. The van der Waals surface area contributed by atoms with Crippen molar-refractivity contribution in [1.29, 1.82) is 5.26 Å². The van der Waals surface area contributed by atoms with E-state index in [9.17, 15) is 16.8 Å². The highest BCUT2D eigenvalue weighted by Crippen LogP contribution is 2.14. The molecule has 0 spiro atoms. The molecule has 164 valence electrons. The number of nitrogens with one attached hydrogen (secondary N) is 1. The molecule has 0 aliphatic carbocycles. The highest BCUT2D eigenvalue weighted by Gasteiger charge is 2.18. The maximum absolute atomic E-state index is 10.4. The molecule has 0 bridgehead atoms. The van der Waals surface area contributed by atoms with Crippen LogP contribution in [0.25, 0.3) is 0 Å². The number of aromatic nitrogens is 2. The first-order valence-corrected chi connectivity index (χ1v) is 11.6. The fourth-order valence-electron chi connectivity index (χ4n) is 2.54. The summed E-state index contributed by atoms with van der Waals surface area (Å²) >= 11 is 0. The van der Waals surface area contributed by atoms with Gasteiger partial charge in [0.1, 0.15) is 6.07 Å². The normalized spacial score (nSPS) is 12.5. The number of rotatable bonds is 2. The Morgan fingerprint density at radius 3 is 1.68 bits per heavy atom. The predicted octanol–water partition coefficient (Wildman–Crippen LogP) is 1.76. The number of fused-ring (bicyclic) bond motifs is 1. The smallest absolute Gasteiger partial charge is 0.294 e. The van der Waals surface area contributed by atoms with Crippen molar-refractivity contribution >= 4 is 20.2 Å². The van der Waals surface area contributed by atoms with Crippen molar-refractivity contribution in [2.45, 2.75) is 22.9 Å². The summed E-state index contributed by atoms with van der Waals surface area (Å²) in [5, 5.41) is 11.8. The van der Waals surface area contributed by atoms with Gasteiger partial charge in [-0.25, -0.2) is 4.98 Å². The molecule has 1 aliphatic rings. The van der Waals surface area contributed by atoms with Crippen molar-refractivity contribution in [2.75, 3.05) is 0 Å². The van der Waals surface area contributed by atoms with Crippen LogP contribution < -0.4 is 5.32 Å². The van der Waals surface area contributed by atoms with E-state index in [0.29, 0.717) is 5.82 Å². The van der Waals surface area contributed by atoms with Crippen molar-refractivity contribution in [3.8, 4) is 6.07 Å². The van der Waals surface area contributed by atoms with Crippen LogP contribution in [0, 0.1) is 11.3 Å². The second-order valence-corrected chi connectivity index (χ2v) is 9.02. The van der Waals surface area contributed by atoms with E-state index in [0.717, 1.165) is 24.5 Å². The second-order valence-electron chi connectivity index (χ2n) is 6.18. The number of nitriles is 1. The van der Waals surface area contributed by atoms with Gasteiger partial charge in [-0.15, -0.1) is 0 Å². The minimum absolute atomic E-state index is 0.0741. The molecule has 0 saturated heterocycles. The van der Waals surface area contributed by atoms with Crippen molar-refractivity contribution in [1.82, 2.24) is 14.9 Å². The standard InChI is InChI=1S/C7H8N4.2C6H6O3S/c1-11-6-4-9-3-5(6)10-7(11)2-8;2*7-10(8,9)6-4-2-1-3-5-6/h9H,3-4H2,1H3;2*1-5H,(H,7,8,9). The lowest BCUT2D eigenvalue weighted by Gasteiger charge is -1.96. The number of nitrogens with zero attached hydrogens (tertiary/aromatic N) is 3. The summed E-state index contributed by atoms with van der Waals surface area (Å²) in [7, 11) is -6.13. The van der Waals surface area contributed by atoms with Gasteiger partial charge in [-0.2, -0.15) is 22.1 Å². The molecule has 12 heteroatoms. The average Bonchev–Trinajstić information content (AvgIpc) is 3.32. The third-order valence-electron chi connectivity index (χ3n) is 4.06. The van der Waals surface area contributed by atoms with Crippen LogP contribution in [-0.4, -0.2) is 35.5 Å². The van der Waals surface area contributed by atoms with Gasteiger partial charge < -0.3 is 9.88 Å². The molecular weight excluding hydrogens is 444 g/mol. The zero-order valence-electron chi connectivity index (χ0n) is 16.4. The van der Waals surface area contributed by atoms with Gasteiger partial charge in [-0.1, -0.05) is 36.4 Å². The quantitative estimate of drug-likeness (QED) is 0.480. The van der Waals surface area contributed by atoms with Crippen LogP contribution in [0.3, 0.4) is 0 Å². The lowest BCUT2D eigenvalue weighted by atomic mass is 10.4. The van der Waals surface area contributed by atoms with Crippen LogP contribution in [0.2, 0.25) is 0 Å². The van der Waals surface area contributed by atoms with E-state index in [1.165, 1.54) is 24.3 Å². The Labute approximate surface area is 180 Å². The van der Waals surface area contributed by atoms with Crippen molar-refractivity contribution < 1.29 is 25.9 Å². The molecule has 0 radical (unpaired) electrons. The predicted molar refractivity (Wildman–Crippen MR) is 111 cm³/mol. The molecule has 31 heavy (non-hydrogen) atoms. The molecule has 0 atom stereocenters. The zero-order chi connectivity index (χ0) is 23.1.